The fourth-order valence-electron chi connectivity index (χ4n) is 1.53. The van der Waals surface area contributed by atoms with Gasteiger partial charge in [-0.2, -0.15) is 0 Å². The molecule has 0 atom stereocenters. The molecular formula is C11H15N3S2. The maximum Gasteiger partial charge on any atom is 0.180 e. The number of thiophene rings is 1. The molecule has 86 valence electrons. The molecule has 2 rings (SSSR count). The monoisotopic (exact) mass is 253 g/mol. The predicted molar refractivity (Wildman–Crippen MR) is 70.6 cm³/mol. The predicted octanol–water partition coefficient (Wildman–Crippen LogP) is 2.81. The summed E-state index contributed by atoms with van der Waals surface area (Å²) in [5.74, 6) is 0. The highest BCUT2D eigenvalue weighted by Gasteiger charge is 2.07. The molecular weight excluding hydrogens is 238 g/mol. The van der Waals surface area contributed by atoms with Crippen LogP contribution in [-0.4, -0.2) is 16.4 Å². The van der Waals surface area contributed by atoms with Crippen LogP contribution in [0, 0.1) is 0 Å². The number of hydrogen-bond acceptors (Lipinski definition) is 5. The smallest absolute Gasteiger partial charge is 0.180 e. The van der Waals surface area contributed by atoms with Crippen molar-refractivity contribution in [3.05, 3.63) is 33.5 Å². The number of anilines is 1. The van der Waals surface area contributed by atoms with E-state index >= 15 is 0 Å². The van der Waals surface area contributed by atoms with Crippen LogP contribution in [0.3, 0.4) is 0 Å². The molecule has 0 amide bonds. The number of nitrogens with two attached hydrogens (primary N) is 1. The highest BCUT2D eigenvalue weighted by Crippen LogP contribution is 2.16. The van der Waals surface area contributed by atoms with Gasteiger partial charge >= 0.3 is 0 Å². The minimum atomic E-state index is 0.655. The molecule has 0 saturated heterocycles. The van der Waals surface area contributed by atoms with Gasteiger partial charge in [-0.05, 0) is 18.0 Å². The van der Waals surface area contributed by atoms with Crippen LogP contribution in [0.2, 0.25) is 0 Å². The molecule has 0 aromatic carbocycles. The summed E-state index contributed by atoms with van der Waals surface area (Å²) in [6, 6.07) is 4.26. The van der Waals surface area contributed by atoms with Gasteiger partial charge in [0.2, 0.25) is 0 Å². The van der Waals surface area contributed by atoms with Gasteiger partial charge in [0.25, 0.3) is 0 Å². The molecule has 2 aromatic heterocycles. The van der Waals surface area contributed by atoms with Crippen molar-refractivity contribution >= 4 is 27.8 Å². The first kappa shape index (κ1) is 11.6. The molecule has 3 nitrogen and oxygen atoms in total. The van der Waals surface area contributed by atoms with Crippen LogP contribution in [0.5, 0.6) is 0 Å². The van der Waals surface area contributed by atoms with E-state index < -0.39 is 0 Å². The molecule has 0 saturated carbocycles. The topological polar surface area (TPSA) is 42.1 Å². The quantitative estimate of drug-likeness (QED) is 0.891. The van der Waals surface area contributed by atoms with Crippen molar-refractivity contribution in [2.75, 3.05) is 12.3 Å². The fraction of sp³-hybridized carbons (Fsp3) is 0.364. The summed E-state index contributed by atoms with van der Waals surface area (Å²) in [5.41, 5.74) is 6.69. The van der Waals surface area contributed by atoms with Gasteiger partial charge in [-0.15, -0.1) is 22.7 Å². The normalized spacial score (nSPS) is 11.1. The number of nitrogen functional groups attached to an aromatic ring is 1. The largest absolute Gasteiger partial charge is 0.375 e. The molecule has 0 bridgehead atoms. The van der Waals surface area contributed by atoms with E-state index in [9.17, 15) is 0 Å². The minimum absolute atomic E-state index is 0.655. The number of thiazole rings is 1. The van der Waals surface area contributed by atoms with Crippen LogP contribution in [0.25, 0.3) is 0 Å². The van der Waals surface area contributed by atoms with E-state index in [0.717, 1.165) is 25.3 Å². The van der Waals surface area contributed by atoms with E-state index in [0.29, 0.717) is 5.13 Å². The van der Waals surface area contributed by atoms with Crippen molar-refractivity contribution < 1.29 is 0 Å². The van der Waals surface area contributed by atoms with Crippen molar-refractivity contribution in [2.24, 2.45) is 0 Å². The lowest BCUT2D eigenvalue weighted by atomic mass is 10.3. The molecule has 2 N–H and O–H groups in total. The fourth-order valence-corrected chi connectivity index (χ4v) is 2.83. The molecule has 16 heavy (non-hydrogen) atoms. The summed E-state index contributed by atoms with van der Waals surface area (Å²) in [6.45, 7) is 5.06. The molecule has 2 heterocycles. The third-order valence-electron chi connectivity index (χ3n) is 2.36. The van der Waals surface area contributed by atoms with Crippen molar-refractivity contribution in [3.63, 3.8) is 0 Å². The van der Waals surface area contributed by atoms with Gasteiger partial charge in [-0.25, -0.2) is 4.98 Å². The second-order valence-electron chi connectivity index (χ2n) is 3.56. The second kappa shape index (κ2) is 5.43. The Morgan fingerprint density at radius 2 is 2.25 bits per heavy atom. The maximum atomic E-state index is 5.62. The van der Waals surface area contributed by atoms with Crippen LogP contribution in [-0.2, 0) is 13.1 Å². The summed E-state index contributed by atoms with van der Waals surface area (Å²) in [7, 11) is 0. The Kier molecular flexibility index (Phi) is 3.93. The molecule has 0 aliphatic rings. The Labute approximate surface area is 104 Å². The summed E-state index contributed by atoms with van der Waals surface area (Å²) in [5, 5.41) is 4.80. The van der Waals surface area contributed by atoms with E-state index in [2.05, 4.69) is 34.3 Å². The average Bonchev–Trinajstić information content (AvgIpc) is 2.89. The zero-order valence-electron chi connectivity index (χ0n) is 9.22. The zero-order valence-corrected chi connectivity index (χ0v) is 10.9. The minimum Gasteiger partial charge on any atom is -0.375 e. The zero-order chi connectivity index (χ0) is 11.4. The van der Waals surface area contributed by atoms with Gasteiger partial charge in [-0.1, -0.05) is 13.0 Å². The number of nitrogens with zero attached hydrogens (tertiary/aromatic N) is 2. The first-order chi connectivity index (χ1) is 7.78. The Hall–Kier alpha value is -0.910. The lowest BCUT2D eigenvalue weighted by molar-refractivity contribution is 0.271. The van der Waals surface area contributed by atoms with E-state index in [1.807, 2.05) is 5.38 Å². The first-order valence-electron chi connectivity index (χ1n) is 5.22. The molecule has 2 aromatic rings. The second-order valence-corrected chi connectivity index (χ2v) is 5.48. The lowest BCUT2D eigenvalue weighted by Gasteiger charge is -2.18. The van der Waals surface area contributed by atoms with Gasteiger partial charge < -0.3 is 5.73 Å². The number of hydrogen-bond donors (Lipinski definition) is 1. The van der Waals surface area contributed by atoms with E-state index in [-0.39, 0.29) is 0 Å². The Bertz CT molecular complexity index is 422. The number of rotatable bonds is 5. The van der Waals surface area contributed by atoms with Gasteiger partial charge in [0.05, 0.1) is 5.69 Å². The molecule has 5 heteroatoms. The molecule has 0 radical (unpaired) electrons. The van der Waals surface area contributed by atoms with Crippen LogP contribution >= 0.6 is 22.7 Å². The van der Waals surface area contributed by atoms with Crippen molar-refractivity contribution in [1.82, 2.24) is 9.88 Å². The average molecular weight is 253 g/mol. The Balaban J connectivity index is 1.95. The van der Waals surface area contributed by atoms with E-state index in [4.69, 9.17) is 5.73 Å². The molecule has 0 spiro atoms. The van der Waals surface area contributed by atoms with Crippen LogP contribution in [0.15, 0.2) is 22.9 Å². The van der Waals surface area contributed by atoms with E-state index in [1.165, 1.54) is 16.2 Å². The van der Waals surface area contributed by atoms with E-state index in [1.54, 1.807) is 11.3 Å². The summed E-state index contributed by atoms with van der Waals surface area (Å²) >= 11 is 3.31. The summed E-state index contributed by atoms with van der Waals surface area (Å²) < 4.78 is 0. The molecule has 0 aliphatic carbocycles. The van der Waals surface area contributed by atoms with Crippen molar-refractivity contribution in [1.29, 1.82) is 0 Å². The number of aromatic nitrogens is 1. The van der Waals surface area contributed by atoms with Crippen molar-refractivity contribution in [2.45, 2.75) is 20.0 Å². The van der Waals surface area contributed by atoms with Gasteiger partial charge in [0, 0.05) is 23.3 Å². The third kappa shape index (κ3) is 3.04. The summed E-state index contributed by atoms with van der Waals surface area (Å²) in [4.78, 5) is 8.04. The van der Waals surface area contributed by atoms with Crippen LogP contribution in [0.4, 0.5) is 5.13 Å². The first-order valence-corrected chi connectivity index (χ1v) is 6.98. The Morgan fingerprint density at radius 3 is 2.81 bits per heavy atom. The highest BCUT2D eigenvalue weighted by molar-refractivity contribution is 7.13. The van der Waals surface area contributed by atoms with Gasteiger partial charge in [0.1, 0.15) is 0 Å². The molecule has 0 aliphatic heterocycles. The third-order valence-corrected chi connectivity index (χ3v) is 3.95. The maximum absolute atomic E-state index is 5.62. The van der Waals surface area contributed by atoms with Crippen LogP contribution < -0.4 is 5.73 Å². The van der Waals surface area contributed by atoms with Gasteiger partial charge in [-0.3, -0.25) is 4.90 Å². The van der Waals surface area contributed by atoms with Crippen LogP contribution in [0.1, 0.15) is 17.5 Å². The summed E-state index contributed by atoms with van der Waals surface area (Å²) in [6.07, 6.45) is 0. The van der Waals surface area contributed by atoms with Crippen molar-refractivity contribution in [3.8, 4) is 0 Å². The Morgan fingerprint density at radius 1 is 1.38 bits per heavy atom. The standard InChI is InChI=1S/C11H15N3S2/c1-2-14(7-10-4-3-5-15-10)6-9-8-16-11(12)13-9/h3-5,8H,2,6-7H2,1H3,(H2,12,13). The van der Waals surface area contributed by atoms with Gasteiger partial charge in [0.15, 0.2) is 5.13 Å². The SMILES string of the molecule is CCN(Cc1csc(N)n1)Cc1cccs1. The molecule has 0 unspecified atom stereocenters. The molecule has 0 fully saturated rings. The highest BCUT2D eigenvalue weighted by atomic mass is 32.1. The lowest BCUT2D eigenvalue weighted by Crippen LogP contribution is -2.21.